The second-order valence-electron chi connectivity index (χ2n) is 25.7. The lowest BCUT2D eigenvalue weighted by Gasteiger charge is -2.54. The van der Waals surface area contributed by atoms with Gasteiger partial charge in [0.1, 0.15) is 54.3 Å². The van der Waals surface area contributed by atoms with Gasteiger partial charge in [-0.2, -0.15) is 0 Å². The molecule has 0 amide bonds. The number of benzene rings is 5. The zero-order valence-corrected chi connectivity index (χ0v) is 53.3. The Morgan fingerprint density at radius 1 is 0.372 bits per heavy atom. The molecule has 5 aromatic carbocycles. The Labute approximate surface area is 476 Å². The lowest BCUT2D eigenvalue weighted by atomic mass is 9.98. The quantitative estimate of drug-likeness (QED) is 0.0553. The minimum absolute atomic E-state index is 0.0715. The summed E-state index contributed by atoms with van der Waals surface area (Å²) >= 11 is 1.62. The fourth-order valence-electron chi connectivity index (χ4n) is 8.76. The van der Waals surface area contributed by atoms with Crippen LogP contribution in [0.4, 0.5) is 0 Å². The molecule has 5 aromatic rings. The molecule has 0 aliphatic carbocycles. The van der Waals surface area contributed by atoms with E-state index in [-0.39, 0.29) is 28.3 Å². The van der Waals surface area contributed by atoms with Crippen molar-refractivity contribution in [1.29, 1.82) is 0 Å². The molecule has 0 saturated carbocycles. The van der Waals surface area contributed by atoms with E-state index in [1.807, 2.05) is 91.0 Å². The zero-order chi connectivity index (χ0) is 56.4. The van der Waals surface area contributed by atoms with Crippen LogP contribution in [0, 0.1) is 0 Å². The van der Waals surface area contributed by atoms with Gasteiger partial charge in [-0.3, -0.25) is 0 Å². The lowest BCUT2D eigenvalue weighted by molar-refractivity contribution is -0.311. The third kappa shape index (κ3) is 16.9. The molecule has 0 radical (unpaired) electrons. The highest BCUT2D eigenvalue weighted by Gasteiger charge is 2.58. The molecule has 14 heteroatoms. The summed E-state index contributed by atoms with van der Waals surface area (Å²) in [5.41, 5.74) is 3.65. The smallest absolute Gasteiger partial charge is 0.192 e. The van der Waals surface area contributed by atoms with Gasteiger partial charge in [-0.15, -0.1) is 0 Å². The fraction of sp³-hybridized carbons (Fsp3) is 0.531. The number of ether oxygens (including phenoxy) is 7. The van der Waals surface area contributed by atoms with Crippen molar-refractivity contribution in [3.8, 4) is 0 Å². The Balaban J connectivity index is 1.34. The van der Waals surface area contributed by atoms with E-state index >= 15 is 0 Å². The maximum absolute atomic E-state index is 7.79. The molecule has 10 atom stereocenters. The average Bonchev–Trinajstić information content (AvgIpc) is 3.59. The van der Waals surface area contributed by atoms with Crippen molar-refractivity contribution in [1.82, 2.24) is 0 Å². The summed E-state index contributed by atoms with van der Waals surface area (Å²) in [6, 6.07) is 51.4. The van der Waals surface area contributed by atoms with E-state index in [1.54, 1.807) is 11.8 Å². The van der Waals surface area contributed by atoms with Crippen LogP contribution < -0.4 is 0 Å². The van der Waals surface area contributed by atoms with Gasteiger partial charge in [-0.1, -0.05) is 214 Å². The molecule has 426 valence electrons. The van der Waals surface area contributed by atoms with Gasteiger partial charge in [0.2, 0.25) is 0 Å². The fourth-order valence-corrected chi connectivity index (χ4v) is 13.8. The largest absolute Gasteiger partial charge is 0.408 e. The maximum Gasteiger partial charge on any atom is 0.192 e. The predicted octanol–water partition coefficient (Wildman–Crippen LogP) is 15.4. The molecule has 78 heavy (non-hydrogen) atoms. The van der Waals surface area contributed by atoms with Crippen molar-refractivity contribution < 1.29 is 46.4 Å². The van der Waals surface area contributed by atoms with Gasteiger partial charge in [0, 0.05) is 4.90 Å². The van der Waals surface area contributed by atoms with Gasteiger partial charge >= 0.3 is 0 Å². The molecule has 2 aliphatic heterocycles. The molecule has 0 aromatic heterocycles. The van der Waals surface area contributed by atoms with E-state index in [9.17, 15) is 0 Å². The first kappa shape index (κ1) is 62.3. The molecule has 10 nitrogen and oxygen atoms in total. The molecule has 0 spiro atoms. The monoisotopic (exact) mass is 1140 g/mol. The highest BCUT2D eigenvalue weighted by molar-refractivity contribution is 7.99. The van der Waals surface area contributed by atoms with Crippen molar-refractivity contribution in [3.63, 3.8) is 0 Å². The molecule has 2 fully saturated rings. The van der Waals surface area contributed by atoms with E-state index in [4.69, 9.17) is 46.4 Å². The molecule has 2 heterocycles. The normalized spacial score (nSPS) is 24.8. The van der Waals surface area contributed by atoms with E-state index in [1.165, 1.54) is 0 Å². The Hall–Kier alpha value is -3.30. The third-order valence-electron chi connectivity index (χ3n) is 16.6. The first-order valence-corrected chi connectivity index (χ1v) is 37.7. The lowest BCUT2D eigenvalue weighted by Crippen LogP contribution is -2.68. The van der Waals surface area contributed by atoms with Crippen LogP contribution in [0.5, 0.6) is 0 Å². The van der Waals surface area contributed by atoms with Crippen molar-refractivity contribution in [3.05, 3.63) is 174 Å². The maximum atomic E-state index is 7.79. The second-order valence-corrected chi connectivity index (χ2v) is 41.1. The van der Waals surface area contributed by atoms with Crippen LogP contribution in [0.3, 0.4) is 0 Å². The number of hydrogen-bond donors (Lipinski definition) is 0. The summed E-state index contributed by atoms with van der Waals surface area (Å²) in [4.78, 5) is 1.04. The van der Waals surface area contributed by atoms with Crippen LogP contribution in [0.25, 0.3) is 0 Å². The van der Waals surface area contributed by atoms with Gasteiger partial charge in [-0.05, 0) is 88.8 Å². The summed E-state index contributed by atoms with van der Waals surface area (Å²) in [5.74, 6) is 0. The molecule has 7 rings (SSSR count). The van der Waals surface area contributed by atoms with Gasteiger partial charge in [0.25, 0.3) is 0 Å². The van der Waals surface area contributed by atoms with Crippen LogP contribution in [0.2, 0.25) is 54.4 Å². The molecular formula is C64H92O10SSi3. The van der Waals surface area contributed by atoms with E-state index in [0.29, 0.717) is 26.4 Å². The highest BCUT2D eigenvalue weighted by atomic mass is 32.2. The number of rotatable bonds is 24. The molecule has 2 saturated heterocycles. The molecule has 2 aliphatic rings. The average molecular weight is 1140 g/mol. The SMILES string of the molecule is CC(C)(C)[Si](C)(C)O[C@@H]1[C@@H](O[Si](C)(C)C(C)(C)C)[C@H](COCc2ccccc2)O[C@@H](OC[C@H]2O[C@@H](Sc3ccccc3)[C@H](OCc3ccccc3)[C@@H](OCc3ccccc3)[C@@H]2OCc2ccccc2)[C@@H]1O[Si](C)(C)C(C)(C)C. The summed E-state index contributed by atoms with van der Waals surface area (Å²) in [5, 5.41) is -0.411. The summed E-state index contributed by atoms with van der Waals surface area (Å²) in [6.07, 6.45) is -5.82. The third-order valence-corrected chi connectivity index (χ3v) is 31.1. The van der Waals surface area contributed by atoms with Crippen molar-refractivity contribution in [2.45, 2.75) is 209 Å². The van der Waals surface area contributed by atoms with E-state index < -0.39 is 85.5 Å². The predicted molar refractivity (Wildman–Crippen MR) is 323 cm³/mol. The minimum atomic E-state index is -2.60. The van der Waals surface area contributed by atoms with Crippen molar-refractivity contribution in [2.24, 2.45) is 0 Å². The number of thioether (sulfide) groups is 1. The van der Waals surface area contributed by atoms with Crippen LogP contribution in [0.1, 0.15) is 84.6 Å². The van der Waals surface area contributed by atoms with Crippen LogP contribution in [0.15, 0.2) is 157 Å². The van der Waals surface area contributed by atoms with Gasteiger partial charge in [0.15, 0.2) is 31.2 Å². The minimum Gasteiger partial charge on any atom is -0.408 e. The zero-order valence-electron chi connectivity index (χ0n) is 49.4. The van der Waals surface area contributed by atoms with Crippen LogP contribution >= 0.6 is 11.8 Å². The van der Waals surface area contributed by atoms with Crippen molar-refractivity contribution in [2.75, 3.05) is 13.2 Å². The van der Waals surface area contributed by atoms with E-state index in [2.05, 4.69) is 162 Å². The molecule has 0 bridgehead atoms. The first-order valence-electron chi connectivity index (χ1n) is 28.1. The van der Waals surface area contributed by atoms with Crippen molar-refractivity contribution >= 4 is 36.7 Å². The first-order chi connectivity index (χ1) is 36.8. The highest BCUT2D eigenvalue weighted by Crippen LogP contribution is 2.47. The van der Waals surface area contributed by atoms with Gasteiger partial charge < -0.3 is 46.4 Å². The second kappa shape index (κ2) is 27.2. The van der Waals surface area contributed by atoms with Crippen LogP contribution in [-0.2, 0) is 72.9 Å². The Kier molecular flexibility index (Phi) is 21.7. The topological polar surface area (TPSA) is 92.3 Å². The van der Waals surface area contributed by atoms with Gasteiger partial charge in [0.05, 0.1) is 39.6 Å². The Morgan fingerprint density at radius 2 is 0.731 bits per heavy atom. The Bertz CT molecular complexity index is 2520. The molecule has 0 unspecified atom stereocenters. The van der Waals surface area contributed by atoms with Crippen LogP contribution in [-0.4, -0.2) is 98.7 Å². The van der Waals surface area contributed by atoms with E-state index in [0.717, 1.165) is 27.1 Å². The molecular weight excluding hydrogens is 1050 g/mol. The summed E-state index contributed by atoms with van der Waals surface area (Å²) < 4.78 is 73.5. The standard InChI is InChI=1S/C64H92O10SSi3/c1-62(2,3)76(10,11)72-55-52(45-65-41-47-31-21-16-22-32-47)70-60(58(74-78(14,15)64(7,8)9)57(55)73-77(12,13)63(4,5)6)69-46-53-54(66-42-48-33-23-17-24-34-48)56(67-43-49-35-25-18-26-36-49)59(68-44-50-37-27-19-28-38-50)61(71-53)75-51-39-29-20-30-40-51/h16-40,52-61H,41-46H2,1-15H3/t52-,53+,54+,55-,56-,57+,58+,59+,60+,61-/m0/s1. The summed E-state index contributed by atoms with van der Waals surface area (Å²) in [6.45, 7) is 36.0. The molecule has 0 N–H and O–H groups in total. The van der Waals surface area contributed by atoms with Gasteiger partial charge in [-0.25, -0.2) is 0 Å². The Morgan fingerprint density at radius 3 is 1.17 bits per heavy atom. The number of hydrogen-bond acceptors (Lipinski definition) is 11. The summed E-state index contributed by atoms with van der Waals surface area (Å²) in [7, 11) is -7.66.